The van der Waals surface area contributed by atoms with Gasteiger partial charge in [-0.05, 0) is 45.7 Å². The van der Waals surface area contributed by atoms with Crippen molar-refractivity contribution in [3.05, 3.63) is 18.5 Å². The summed E-state index contributed by atoms with van der Waals surface area (Å²) >= 11 is 0. The summed E-state index contributed by atoms with van der Waals surface area (Å²) in [6.45, 7) is 11.1. The van der Waals surface area contributed by atoms with Crippen molar-refractivity contribution in [3.8, 4) is 0 Å². The number of aromatic nitrogens is 4. The summed E-state index contributed by atoms with van der Waals surface area (Å²) in [7, 11) is 1.65. The first-order valence-corrected chi connectivity index (χ1v) is 10.4. The van der Waals surface area contributed by atoms with Crippen LogP contribution in [0.2, 0.25) is 0 Å². The lowest BCUT2D eigenvalue weighted by atomic mass is 10.0. The van der Waals surface area contributed by atoms with Gasteiger partial charge in [0.15, 0.2) is 5.82 Å². The number of hydrogen-bond acceptors (Lipinski definition) is 8. The average molecular weight is 434 g/mol. The van der Waals surface area contributed by atoms with E-state index in [9.17, 15) is 14.4 Å². The summed E-state index contributed by atoms with van der Waals surface area (Å²) in [6.07, 6.45) is 1.72. The molecule has 11 nitrogen and oxygen atoms in total. The Labute approximate surface area is 181 Å². The zero-order valence-electron chi connectivity index (χ0n) is 18.6. The number of carbonyl (C=O) groups excluding carboxylic acids is 3. The summed E-state index contributed by atoms with van der Waals surface area (Å²) in [4.78, 5) is 41.3. The molecule has 170 valence electrons. The van der Waals surface area contributed by atoms with Crippen molar-refractivity contribution >= 4 is 18.0 Å². The Morgan fingerprint density at radius 3 is 2.58 bits per heavy atom. The topological polar surface area (TPSA) is 129 Å². The fourth-order valence-electron chi connectivity index (χ4n) is 3.82. The number of hydrogen-bond donors (Lipinski definition) is 1. The fraction of sp³-hybridized carbons (Fsp3) is 0.700. The van der Waals surface area contributed by atoms with Crippen molar-refractivity contribution in [1.29, 1.82) is 0 Å². The minimum Gasteiger partial charge on any atom is -0.464 e. The van der Waals surface area contributed by atoms with E-state index < -0.39 is 35.2 Å². The van der Waals surface area contributed by atoms with Crippen LogP contribution in [0.3, 0.4) is 0 Å². The molecule has 1 saturated carbocycles. The highest BCUT2D eigenvalue weighted by Crippen LogP contribution is 2.46. The Morgan fingerprint density at radius 2 is 2.06 bits per heavy atom. The molecule has 2 heterocycles. The van der Waals surface area contributed by atoms with E-state index in [2.05, 4.69) is 27.3 Å². The van der Waals surface area contributed by atoms with Crippen LogP contribution in [0.25, 0.3) is 0 Å². The smallest absolute Gasteiger partial charge is 0.410 e. The molecular formula is C20H30N6O5. The molecule has 1 aromatic rings. The average Bonchev–Trinajstić information content (AvgIpc) is 3.01. The lowest BCUT2D eigenvalue weighted by Crippen LogP contribution is -2.53. The van der Waals surface area contributed by atoms with Crippen LogP contribution in [-0.2, 0) is 26.1 Å². The second kappa shape index (κ2) is 8.27. The lowest BCUT2D eigenvalue weighted by Gasteiger charge is -2.29. The van der Waals surface area contributed by atoms with Crippen molar-refractivity contribution in [1.82, 2.24) is 30.4 Å². The van der Waals surface area contributed by atoms with Crippen LogP contribution in [0.15, 0.2) is 12.7 Å². The van der Waals surface area contributed by atoms with Crippen molar-refractivity contribution in [3.63, 3.8) is 0 Å². The number of tetrazole rings is 1. The molecule has 0 radical (unpaired) electrons. The van der Waals surface area contributed by atoms with E-state index >= 15 is 0 Å². The minimum absolute atomic E-state index is 0.203. The van der Waals surface area contributed by atoms with E-state index in [1.54, 1.807) is 40.8 Å². The summed E-state index contributed by atoms with van der Waals surface area (Å²) in [5, 5.41) is 14.9. The van der Waals surface area contributed by atoms with E-state index in [-0.39, 0.29) is 31.4 Å². The second-order valence-electron chi connectivity index (χ2n) is 8.95. The maximum absolute atomic E-state index is 13.3. The third-order valence-corrected chi connectivity index (χ3v) is 5.41. The molecule has 1 N–H and O–H groups in total. The van der Waals surface area contributed by atoms with Gasteiger partial charge in [-0.15, -0.1) is 16.8 Å². The molecule has 1 aliphatic heterocycles. The van der Waals surface area contributed by atoms with Crippen LogP contribution in [0.5, 0.6) is 0 Å². The summed E-state index contributed by atoms with van der Waals surface area (Å²) in [6, 6.07) is -0.846. The molecule has 0 spiro atoms. The van der Waals surface area contributed by atoms with Gasteiger partial charge in [0.05, 0.1) is 13.7 Å². The molecule has 0 unspecified atom stereocenters. The number of ether oxygens (including phenoxy) is 2. The Morgan fingerprint density at radius 1 is 1.35 bits per heavy atom. The molecule has 2 fully saturated rings. The first kappa shape index (κ1) is 22.7. The molecule has 31 heavy (non-hydrogen) atoms. The molecule has 2 amide bonds. The normalized spacial score (nSPS) is 27.5. The van der Waals surface area contributed by atoms with Gasteiger partial charge in [0.25, 0.3) is 0 Å². The molecule has 0 aromatic carbocycles. The van der Waals surface area contributed by atoms with Gasteiger partial charge in [-0.2, -0.15) is 4.80 Å². The predicted molar refractivity (Wildman–Crippen MR) is 109 cm³/mol. The zero-order valence-corrected chi connectivity index (χ0v) is 18.6. The van der Waals surface area contributed by atoms with E-state index in [0.29, 0.717) is 12.2 Å². The SMILES string of the molecule is C=C[C@@H]1C[C@]1(NC(=O)[C@H]1C[C@@H](c2nnn(C)n2)CN1C(=O)OC(C)(C)C)C(=O)OCC. The maximum atomic E-state index is 13.3. The van der Waals surface area contributed by atoms with Crippen LogP contribution in [0, 0.1) is 5.92 Å². The zero-order chi connectivity index (χ0) is 23.0. The number of aryl methyl sites for hydroxylation is 1. The van der Waals surface area contributed by atoms with E-state index in [4.69, 9.17) is 9.47 Å². The van der Waals surface area contributed by atoms with Gasteiger partial charge >= 0.3 is 12.1 Å². The van der Waals surface area contributed by atoms with Gasteiger partial charge in [0.2, 0.25) is 5.91 Å². The maximum Gasteiger partial charge on any atom is 0.410 e. The van der Waals surface area contributed by atoms with Crippen LogP contribution in [-0.4, -0.2) is 73.4 Å². The molecule has 1 aromatic heterocycles. The van der Waals surface area contributed by atoms with Gasteiger partial charge in [-0.1, -0.05) is 6.08 Å². The molecule has 2 aliphatic rings. The Kier molecular flexibility index (Phi) is 6.06. The summed E-state index contributed by atoms with van der Waals surface area (Å²) in [5.74, 6) is -1.01. The highest BCUT2D eigenvalue weighted by molar-refractivity contribution is 5.95. The summed E-state index contributed by atoms with van der Waals surface area (Å²) in [5.41, 5.74) is -1.87. The van der Waals surface area contributed by atoms with Gasteiger partial charge < -0.3 is 14.8 Å². The van der Waals surface area contributed by atoms with Crippen LogP contribution in [0.1, 0.15) is 52.3 Å². The largest absolute Gasteiger partial charge is 0.464 e. The highest BCUT2D eigenvalue weighted by Gasteiger charge is 2.62. The number of likely N-dealkylation sites (tertiary alicyclic amines) is 1. The number of carbonyl (C=O) groups is 3. The van der Waals surface area contributed by atoms with E-state index in [1.165, 1.54) is 9.70 Å². The Bertz CT molecular complexity index is 878. The number of nitrogens with zero attached hydrogens (tertiary/aromatic N) is 5. The molecule has 1 aliphatic carbocycles. The highest BCUT2D eigenvalue weighted by atomic mass is 16.6. The molecule has 1 saturated heterocycles. The van der Waals surface area contributed by atoms with Gasteiger partial charge in [-0.3, -0.25) is 9.69 Å². The Hall–Kier alpha value is -2.98. The van der Waals surface area contributed by atoms with Crippen molar-refractivity contribution in [2.45, 2.75) is 63.6 Å². The molecular weight excluding hydrogens is 404 g/mol. The quantitative estimate of drug-likeness (QED) is 0.517. The number of nitrogens with one attached hydrogen (secondary N) is 1. The van der Waals surface area contributed by atoms with Gasteiger partial charge in [-0.25, -0.2) is 9.59 Å². The molecule has 11 heteroatoms. The number of amides is 2. The number of rotatable bonds is 6. The monoisotopic (exact) mass is 434 g/mol. The third-order valence-electron chi connectivity index (χ3n) is 5.41. The number of esters is 1. The van der Waals surface area contributed by atoms with Crippen molar-refractivity contribution in [2.75, 3.05) is 13.2 Å². The third kappa shape index (κ3) is 4.70. The van der Waals surface area contributed by atoms with E-state index in [0.717, 1.165) is 0 Å². The summed E-state index contributed by atoms with van der Waals surface area (Å²) < 4.78 is 10.7. The van der Waals surface area contributed by atoms with Crippen LogP contribution < -0.4 is 5.32 Å². The second-order valence-corrected chi connectivity index (χ2v) is 8.95. The van der Waals surface area contributed by atoms with Crippen LogP contribution in [0.4, 0.5) is 4.79 Å². The van der Waals surface area contributed by atoms with Crippen molar-refractivity contribution < 1.29 is 23.9 Å². The van der Waals surface area contributed by atoms with Gasteiger partial charge in [0.1, 0.15) is 17.2 Å². The standard InChI is InChI=1S/C20H30N6O5/c1-7-13-10-20(13,17(28)30-8-2)21-16(27)14-9-12(15-22-24-25(6)23-15)11-26(14)18(29)31-19(3,4)5/h7,12-14H,1,8-11H2,2-6H3,(H,21,27)/t12-,13-,14-,20-/m1/s1. The van der Waals surface area contributed by atoms with E-state index in [1.807, 2.05) is 0 Å². The van der Waals surface area contributed by atoms with Crippen LogP contribution >= 0.6 is 0 Å². The van der Waals surface area contributed by atoms with Crippen molar-refractivity contribution in [2.24, 2.45) is 13.0 Å². The molecule has 0 bridgehead atoms. The first-order valence-electron chi connectivity index (χ1n) is 10.4. The predicted octanol–water partition coefficient (Wildman–Crippen LogP) is 0.927. The minimum atomic E-state index is -1.14. The lowest BCUT2D eigenvalue weighted by molar-refractivity contribution is -0.149. The Balaban J connectivity index is 1.82. The molecule has 4 atom stereocenters. The molecule has 3 rings (SSSR count). The fourth-order valence-corrected chi connectivity index (χ4v) is 3.82. The van der Waals surface area contributed by atoms with Gasteiger partial charge in [0, 0.05) is 18.4 Å². The first-order chi connectivity index (χ1) is 14.5.